The third-order valence-electron chi connectivity index (χ3n) is 3.30. The molecule has 19 heavy (non-hydrogen) atoms. The summed E-state index contributed by atoms with van der Waals surface area (Å²) in [6, 6.07) is 6.45. The number of carbonyl (C=O) groups excluding carboxylic acids is 1. The van der Waals surface area contributed by atoms with E-state index in [1.807, 2.05) is 18.2 Å². The lowest BCUT2D eigenvalue weighted by atomic mass is 10.1. The van der Waals surface area contributed by atoms with Crippen molar-refractivity contribution < 1.29 is 14.3 Å². The van der Waals surface area contributed by atoms with Gasteiger partial charge in [0, 0.05) is 12.6 Å². The van der Waals surface area contributed by atoms with Gasteiger partial charge in [-0.1, -0.05) is 6.07 Å². The van der Waals surface area contributed by atoms with Crippen LogP contribution in [0, 0.1) is 0 Å². The lowest BCUT2D eigenvalue weighted by Gasteiger charge is -2.06. The van der Waals surface area contributed by atoms with Crippen LogP contribution in [0.5, 0.6) is 11.5 Å². The first kappa shape index (κ1) is 12.3. The number of hydrogen-bond donors (Lipinski definition) is 2. The summed E-state index contributed by atoms with van der Waals surface area (Å²) in [7, 11) is 0. The highest BCUT2D eigenvalue weighted by Crippen LogP contribution is 2.32. The van der Waals surface area contributed by atoms with Gasteiger partial charge in [0.05, 0.1) is 6.54 Å². The molecule has 2 aliphatic rings. The Bertz CT molecular complexity index is 472. The molecule has 0 spiro atoms. The van der Waals surface area contributed by atoms with Crippen LogP contribution < -0.4 is 20.1 Å². The molecule has 5 heteroatoms. The Morgan fingerprint density at radius 1 is 1.26 bits per heavy atom. The van der Waals surface area contributed by atoms with Crippen molar-refractivity contribution >= 4 is 5.91 Å². The molecule has 0 saturated heterocycles. The maximum atomic E-state index is 11.5. The first-order valence-corrected chi connectivity index (χ1v) is 6.70. The van der Waals surface area contributed by atoms with E-state index in [0.717, 1.165) is 23.5 Å². The van der Waals surface area contributed by atoms with Gasteiger partial charge in [0.2, 0.25) is 12.7 Å². The summed E-state index contributed by atoms with van der Waals surface area (Å²) in [5, 5.41) is 6.10. The molecule has 1 heterocycles. The molecule has 0 radical (unpaired) electrons. The maximum Gasteiger partial charge on any atom is 0.233 e. The van der Waals surface area contributed by atoms with Crippen LogP contribution in [0.2, 0.25) is 0 Å². The van der Waals surface area contributed by atoms with Gasteiger partial charge in [-0.3, -0.25) is 4.79 Å². The van der Waals surface area contributed by atoms with Crippen molar-refractivity contribution in [2.24, 2.45) is 0 Å². The van der Waals surface area contributed by atoms with Crippen molar-refractivity contribution in [3.05, 3.63) is 23.8 Å². The van der Waals surface area contributed by atoms with E-state index in [4.69, 9.17) is 9.47 Å². The van der Waals surface area contributed by atoms with Gasteiger partial charge in [0.25, 0.3) is 0 Å². The summed E-state index contributed by atoms with van der Waals surface area (Å²) >= 11 is 0. The summed E-state index contributed by atoms with van der Waals surface area (Å²) in [6.07, 6.45) is 3.20. The number of benzene rings is 1. The van der Waals surface area contributed by atoms with E-state index >= 15 is 0 Å². The van der Waals surface area contributed by atoms with Crippen molar-refractivity contribution in [1.29, 1.82) is 0 Å². The van der Waals surface area contributed by atoms with Crippen LogP contribution in [0.15, 0.2) is 18.2 Å². The van der Waals surface area contributed by atoms with E-state index in [2.05, 4.69) is 10.6 Å². The predicted molar refractivity (Wildman–Crippen MR) is 70.3 cm³/mol. The van der Waals surface area contributed by atoms with Crippen molar-refractivity contribution in [2.75, 3.05) is 19.9 Å². The van der Waals surface area contributed by atoms with Crippen LogP contribution in [-0.4, -0.2) is 31.8 Å². The molecule has 1 amide bonds. The molecule has 1 saturated carbocycles. The lowest BCUT2D eigenvalue weighted by molar-refractivity contribution is -0.120. The number of ether oxygens (including phenoxy) is 2. The molecule has 1 aromatic rings. The van der Waals surface area contributed by atoms with E-state index < -0.39 is 0 Å². The average molecular weight is 262 g/mol. The highest BCUT2D eigenvalue weighted by atomic mass is 16.7. The van der Waals surface area contributed by atoms with Crippen LogP contribution in [0.4, 0.5) is 0 Å². The van der Waals surface area contributed by atoms with E-state index in [1.54, 1.807) is 0 Å². The Hall–Kier alpha value is -1.75. The van der Waals surface area contributed by atoms with E-state index in [0.29, 0.717) is 25.9 Å². The molecule has 1 aliphatic heterocycles. The van der Waals surface area contributed by atoms with E-state index in [-0.39, 0.29) is 5.91 Å². The highest BCUT2D eigenvalue weighted by molar-refractivity contribution is 5.78. The summed E-state index contributed by atoms with van der Waals surface area (Å²) in [5.41, 5.74) is 1.14. The van der Waals surface area contributed by atoms with Gasteiger partial charge < -0.3 is 20.1 Å². The molecule has 1 aromatic carbocycles. The third-order valence-corrected chi connectivity index (χ3v) is 3.30. The second-order valence-corrected chi connectivity index (χ2v) is 4.94. The minimum absolute atomic E-state index is 0.0626. The largest absolute Gasteiger partial charge is 0.454 e. The number of hydrogen-bond acceptors (Lipinski definition) is 4. The number of rotatable bonds is 6. The number of amides is 1. The Morgan fingerprint density at radius 2 is 2.11 bits per heavy atom. The monoisotopic (exact) mass is 262 g/mol. The minimum atomic E-state index is 0.0626. The summed E-state index contributed by atoms with van der Waals surface area (Å²) in [4.78, 5) is 11.5. The summed E-state index contributed by atoms with van der Waals surface area (Å²) in [5.74, 6) is 1.65. The molecule has 0 atom stereocenters. The van der Waals surface area contributed by atoms with Gasteiger partial charge in [-0.25, -0.2) is 0 Å². The van der Waals surface area contributed by atoms with Gasteiger partial charge in [0.1, 0.15) is 0 Å². The standard InChI is InChI=1S/C14H18N2O3/c17-14(8-16-11-2-3-11)15-6-5-10-1-4-12-13(7-10)19-9-18-12/h1,4,7,11,16H,2-3,5-6,8-9H2,(H,15,17). The number of fused-ring (bicyclic) bond motifs is 1. The molecule has 5 nitrogen and oxygen atoms in total. The molecule has 1 fully saturated rings. The molecule has 3 rings (SSSR count). The smallest absolute Gasteiger partial charge is 0.233 e. The SMILES string of the molecule is O=C(CNC1CC1)NCCc1ccc2c(c1)OCO2. The van der Waals surface area contributed by atoms with E-state index in [1.165, 1.54) is 12.8 Å². The van der Waals surface area contributed by atoms with Gasteiger partial charge in [-0.2, -0.15) is 0 Å². The second-order valence-electron chi connectivity index (χ2n) is 4.94. The van der Waals surface area contributed by atoms with Crippen LogP contribution in [0.1, 0.15) is 18.4 Å². The summed E-state index contributed by atoms with van der Waals surface area (Å²) < 4.78 is 10.6. The Kier molecular flexibility index (Phi) is 3.55. The fourth-order valence-electron chi connectivity index (χ4n) is 2.03. The van der Waals surface area contributed by atoms with Crippen LogP contribution >= 0.6 is 0 Å². The van der Waals surface area contributed by atoms with Crippen LogP contribution in [-0.2, 0) is 11.2 Å². The first-order valence-electron chi connectivity index (χ1n) is 6.70. The van der Waals surface area contributed by atoms with Crippen molar-refractivity contribution in [3.8, 4) is 11.5 Å². The Morgan fingerprint density at radius 3 is 2.95 bits per heavy atom. The minimum Gasteiger partial charge on any atom is -0.454 e. The second kappa shape index (κ2) is 5.48. The molecule has 0 bridgehead atoms. The van der Waals surface area contributed by atoms with Crippen molar-refractivity contribution in [1.82, 2.24) is 10.6 Å². The van der Waals surface area contributed by atoms with Crippen LogP contribution in [0.3, 0.4) is 0 Å². The van der Waals surface area contributed by atoms with Crippen molar-refractivity contribution in [3.63, 3.8) is 0 Å². The quantitative estimate of drug-likeness (QED) is 0.797. The average Bonchev–Trinajstić information content (AvgIpc) is 3.13. The maximum absolute atomic E-state index is 11.5. The predicted octanol–water partition coefficient (Wildman–Crippen LogP) is 0.826. The molecule has 0 aromatic heterocycles. The lowest BCUT2D eigenvalue weighted by Crippen LogP contribution is -2.35. The molecule has 0 unspecified atom stereocenters. The topological polar surface area (TPSA) is 59.6 Å². The van der Waals surface area contributed by atoms with Crippen LogP contribution in [0.25, 0.3) is 0 Å². The normalized spacial score (nSPS) is 16.4. The zero-order valence-electron chi connectivity index (χ0n) is 10.8. The molecule has 1 aliphatic carbocycles. The third kappa shape index (κ3) is 3.38. The fourth-order valence-corrected chi connectivity index (χ4v) is 2.03. The fraction of sp³-hybridized carbons (Fsp3) is 0.500. The zero-order valence-corrected chi connectivity index (χ0v) is 10.8. The van der Waals surface area contributed by atoms with Crippen molar-refractivity contribution in [2.45, 2.75) is 25.3 Å². The van der Waals surface area contributed by atoms with E-state index in [9.17, 15) is 4.79 Å². The summed E-state index contributed by atoms with van der Waals surface area (Å²) in [6.45, 7) is 1.36. The van der Waals surface area contributed by atoms with Gasteiger partial charge in [-0.15, -0.1) is 0 Å². The number of carbonyl (C=O) groups is 1. The Labute approximate surface area is 112 Å². The molecule has 2 N–H and O–H groups in total. The molecule has 102 valence electrons. The molecular weight excluding hydrogens is 244 g/mol. The van der Waals surface area contributed by atoms with Gasteiger partial charge in [-0.05, 0) is 37.0 Å². The zero-order chi connectivity index (χ0) is 13.1. The van der Waals surface area contributed by atoms with Gasteiger partial charge >= 0.3 is 0 Å². The van der Waals surface area contributed by atoms with Gasteiger partial charge in [0.15, 0.2) is 11.5 Å². The highest BCUT2D eigenvalue weighted by Gasteiger charge is 2.20. The first-order chi connectivity index (χ1) is 9.31. The number of nitrogens with one attached hydrogen (secondary N) is 2. The Balaban J connectivity index is 1.40. The molecular formula is C14H18N2O3.